The number of aliphatic imine (C=N–C) groups is 1. The van der Waals surface area contributed by atoms with Crippen molar-refractivity contribution in [3.8, 4) is 0 Å². The van der Waals surface area contributed by atoms with E-state index in [-0.39, 0.29) is 0 Å². The Labute approximate surface area is 86.8 Å². The molecule has 0 saturated heterocycles. The normalized spacial score (nSPS) is 10.9. The van der Waals surface area contributed by atoms with Gasteiger partial charge in [-0.05, 0) is 31.0 Å². The predicted octanol–water partition coefficient (Wildman–Crippen LogP) is 3.92. The number of rotatable bonds is 1. The third-order valence-corrected chi connectivity index (χ3v) is 2.54. The van der Waals surface area contributed by atoms with Crippen molar-refractivity contribution in [2.24, 2.45) is 4.99 Å². The minimum absolute atomic E-state index is 0.869. The van der Waals surface area contributed by atoms with Crippen LogP contribution in [0, 0.1) is 0 Å². The number of furan rings is 1. The van der Waals surface area contributed by atoms with E-state index in [1.807, 2.05) is 42.5 Å². The summed E-state index contributed by atoms with van der Waals surface area (Å²) < 4.78 is 5.69. The molecule has 0 aliphatic rings. The molecule has 0 atom stereocenters. The number of para-hydroxylation sites is 1. The van der Waals surface area contributed by atoms with E-state index >= 15 is 0 Å². The minimum atomic E-state index is 0.869. The summed E-state index contributed by atoms with van der Waals surface area (Å²) in [7, 11) is 0. The molecule has 2 aromatic carbocycles. The maximum Gasteiger partial charge on any atom is 0.135 e. The Bertz CT molecular complexity index is 652. The summed E-state index contributed by atoms with van der Waals surface area (Å²) in [5.74, 6) is 0. The average Bonchev–Trinajstić information content (AvgIpc) is 2.66. The third-order valence-electron chi connectivity index (χ3n) is 2.54. The second-order valence-electron chi connectivity index (χ2n) is 3.44. The van der Waals surface area contributed by atoms with Gasteiger partial charge in [0.05, 0.1) is 5.69 Å². The largest absolute Gasteiger partial charge is 0.456 e. The molecule has 0 N–H and O–H groups in total. The molecule has 1 heterocycles. The van der Waals surface area contributed by atoms with Gasteiger partial charge in [0.1, 0.15) is 11.2 Å². The van der Waals surface area contributed by atoms with Crippen LogP contribution in [0.15, 0.2) is 51.9 Å². The van der Waals surface area contributed by atoms with Crippen LogP contribution in [0.5, 0.6) is 0 Å². The van der Waals surface area contributed by atoms with Gasteiger partial charge in [0, 0.05) is 10.8 Å². The number of fused-ring (bicyclic) bond motifs is 3. The topological polar surface area (TPSA) is 25.5 Å². The van der Waals surface area contributed by atoms with Gasteiger partial charge in [-0.2, -0.15) is 0 Å². The summed E-state index contributed by atoms with van der Waals surface area (Å²) >= 11 is 0. The SMILES string of the molecule is C=Nc1ccc2oc3ccccc3c2c1. The molecule has 3 rings (SSSR count). The van der Waals surface area contributed by atoms with Crippen molar-refractivity contribution in [1.82, 2.24) is 0 Å². The second kappa shape index (κ2) is 2.95. The van der Waals surface area contributed by atoms with E-state index in [2.05, 4.69) is 11.7 Å². The summed E-state index contributed by atoms with van der Waals surface area (Å²) in [6, 6.07) is 13.8. The van der Waals surface area contributed by atoms with Crippen LogP contribution >= 0.6 is 0 Å². The van der Waals surface area contributed by atoms with Crippen molar-refractivity contribution in [3.05, 3.63) is 42.5 Å². The van der Waals surface area contributed by atoms with E-state index in [9.17, 15) is 0 Å². The van der Waals surface area contributed by atoms with Crippen molar-refractivity contribution in [3.63, 3.8) is 0 Å². The molecule has 1 aromatic heterocycles. The first-order valence-electron chi connectivity index (χ1n) is 4.76. The smallest absolute Gasteiger partial charge is 0.135 e. The van der Waals surface area contributed by atoms with Crippen molar-refractivity contribution in [2.75, 3.05) is 0 Å². The van der Waals surface area contributed by atoms with Gasteiger partial charge >= 0.3 is 0 Å². The zero-order chi connectivity index (χ0) is 10.3. The molecule has 0 spiro atoms. The molecule has 0 saturated carbocycles. The monoisotopic (exact) mass is 195 g/mol. The molecule has 72 valence electrons. The fraction of sp³-hybridized carbons (Fsp3) is 0. The van der Waals surface area contributed by atoms with Gasteiger partial charge < -0.3 is 4.42 Å². The standard InChI is InChI=1S/C13H9NO/c1-14-9-6-7-13-11(8-9)10-4-2-3-5-12(10)15-13/h2-8H,1H2. The lowest BCUT2D eigenvalue weighted by Crippen LogP contribution is -1.66. The van der Waals surface area contributed by atoms with Crippen LogP contribution in [0.2, 0.25) is 0 Å². The van der Waals surface area contributed by atoms with Crippen LogP contribution in [-0.2, 0) is 0 Å². The highest BCUT2D eigenvalue weighted by atomic mass is 16.3. The van der Waals surface area contributed by atoms with Crippen LogP contribution in [0.1, 0.15) is 0 Å². The summed E-state index contributed by atoms with van der Waals surface area (Å²) in [6.07, 6.45) is 0. The second-order valence-corrected chi connectivity index (χ2v) is 3.44. The van der Waals surface area contributed by atoms with Crippen LogP contribution < -0.4 is 0 Å². The number of nitrogens with zero attached hydrogens (tertiary/aromatic N) is 1. The molecule has 2 nitrogen and oxygen atoms in total. The van der Waals surface area contributed by atoms with E-state index in [4.69, 9.17) is 4.42 Å². The lowest BCUT2D eigenvalue weighted by molar-refractivity contribution is 0.669. The van der Waals surface area contributed by atoms with E-state index in [1.54, 1.807) is 0 Å². The van der Waals surface area contributed by atoms with Crippen molar-refractivity contribution in [1.29, 1.82) is 0 Å². The molecule has 0 amide bonds. The van der Waals surface area contributed by atoms with Gasteiger partial charge in [0.15, 0.2) is 0 Å². The quantitative estimate of drug-likeness (QED) is 0.540. The van der Waals surface area contributed by atoms with Crippen molar-refractivity contribution in [2.45, 2.75) is 0 Å². The number of hydrogen-bond acceptors (Lipinski definition) is 2. The third kappa shape index (κ3) is 1.15. The Kier molecular flexibility index (Phi) is 1.62. The van der Waals surface area contributed by atoms with Crippen LogP contribution in [0.4, 0.5) is 5.69 Å². The van der Waals surface area contributed by atoms with E-state index in [1.165, 1.54) is 0 Å². The van der Waals surface area contributed by atoms with Gasteiger partial charge in [0.2, 0.25) is 0 Å². The van der Waals surface area contributed by atoms with Gasteiger partial charge in [-0.15, -0.1) is 0 Å². The lowest BCUT2D eigenvalue weighted by atomic mass is 10.1. The first-order valence-corrected chi connectivity index (χ1v) is 4.76. The molecular weight excluding hydrogens is 186 g/mol. The molecule has 2 heteroatoms. The van der Waals surface area contributed by atoms with Gasteiger partial charge in [-0.1, -0.05) is 18.2 Å². The molecule has 0 aliphatic heterocycles. The maximum atomic E-state index is 5.69. The molecule has 0 unspecified atom stereocenters. The molecule has 3 aromatic rings. The highest BCUT2D eigenvalue weighted by Gasteiger charge is 2.05. The Morgan fingerprint density at radius 2 is 1.73 bits per heavy atom. The fourth-order valence-corrected chi connectivity index (χ4v) is 1.81. The highest BCUT2D eigenvalue weighted by Crippen LogP contribution is 2.30. The van der Waals surface area contributed by atoms with E-state index < -0.39 is 0 Å². The number of benzene rings is 2. The Morgan fingerprint density at radius 1 is 0.933 bits per heavy atom. The Balaban J connectivity index is 2.51. The van der Waals surface area contributed by atoms with E-state index in [0.29, 0.717) is 0 Å². The highest BCUT2D eigenvalue weighted by molar-refractivity contribution is 6.05. The minimum Gasteiger partial charge on any atom is -0.456 e. The van der Waals surface area contributed by atoms with Crippen LogP contribution in [0.3, 0.4) is 0 Å². The van der Waals surface area contributed by atoms with Gasteiger partial charge in [0.25, 0.3) is 0 Å². The molecular formula is C13H9NO. The molecule has 0 radical (unpaired) electrons. The number of hydrogen-bond donors (Lipinski definition) is 0. The zero-order valence-electron chi connectivity index (χ0n) is 8.10. The van der Waals surface area contributed by atoms with Crippen LogP contribution in [0.25, 0.3) is 21.9 Å². The van der Waals surface area contributed by atoms with Crippen LogP contribution in [-0.4, -0.2) is 6.72 Å². The molecule has 15 heavy (non-hydrogen) atoms. The van der Waals surface area contributed by atoms with Gasteiger partial charge in [-0.3, -0.25) is 4.99 Å². The Morgan fingerprint density at radius 3 is 2.60 bits per heavy atom. The maximum absolute atomic E-state index is 5.69. The average molecular weight is 195 g/mol. The van der Waals surface area contributed by atoms with Gasteiger partial charge in [-0.25, -0.2) is 0 Å². The summed E-state index contributed by atoms with van der Waals surface area (Å²) in [6.45, 7) is 3.52. The van der Waals surface area contributed by atoms with Crippen molar-refractivity contribution >= 4 is 34.3 Å². The molecule has 0 aliphatic carbocycles. The van der Waals surface area contributed by atoms with E-state index in [0.717, 1.165) is 27.6 Å². The predicted molar refractivity (Wildman–Crippen MR) is 62.9 cm³/mol. The summed E-state index contributed by atoms with van der Waals surface area (Å²) in [5, 5.41) is 2.22. The fourth-order valence-electron chi connectivity index (χ4n) is 1.81. The lowest BCUT2D eigenvalue weighted by Gasteiger charge is -1.91. The molecule has 0 bridgehead atoms. The molecule has 0 fully saturated rings. The zero-order valence-corrected chi connectivity index (χ0v) is 8.10. The summed E-state index contributed by atoms with van der Waals surface area (Å²) in [5.41, 5.74) is 2.67. The van der Waals surface area contributed by atoms with Crippen molar-refractivity contribution < 1.29 is 4.42 Å². The summed E-state index contributed by atoms with van der Waals surface area (Å²) in [4.78, 5) is 3.92. The first kappa shape index (κ1) is 8.24. The Hall–Kier alpha value is -2.09. The first-order chi connectivity index (χ1) is 7.38.